The number of fused-ring (bicyclic) bond motifs is 1. The minimum atomic E-state index is -0.180. The lowest BCUT2D eigenvalue weighted by molar-refractivity contribution is 0.0939. The van der Waals surface area contributed by atoms with Crippen LogP contribution in [0.4, 0.5) is 0 Å². The normalized spacial score (nSPS) is 12.2. The van der Waals surface area contributed by atoms with Crippen LogP contribution in [0.3, 0.4) is 0 Å². The highest BCUT2D eigenvalue weighted by atomic mass is 32.1. The van der Waals surface area contributed by atoms with E-state index in [1.165, 1.54) is 0 Å². The summed E-state index contributed by atoms with van der Waals surface area (Å²) in [6.45, 7) is 2.01. The summed E-state index contributed by atoms with van der Waals surface area (Å²) in [5, 5.41) is 5.14. The molecule has 0 aliphatic heterocycles. The van der Waals surface area contributed by atoms with Gasteiger partial charge in [0, 0.05) is 17.3 Å². The Balaban J connectivity index is 1.66. The third kappa shape index (κ3) is 3.19. The van der Waals surface area contributed by atoms with Crippen molar-refractivity contribution in [2.75, 3.05) is 0 Å². The van der Waals surface area contributed by atoms with E-state index in [0.717, 1.165) is 21.7 Å². The van der Waals surface area contributed by atoms with Gasteiger partial charge in [-0.2, -0.15) is 0 Å². The molecule has 4 rings (SSSR count). The fourth-order valence-electron chi connectivity index (χ4n) is 2.82. The van der Waals surface area contributed by atoms with Gasteiger partial charge in [-0.3, -0.25) is 4.79 Å². The largest absolute Gasteiger partial charge is 0.339 e. The number of imidazole rings is 1. The van der Waals surface area contributed by atoms with E-state index < -0.39 is 0 Å². The molecule has 0 spiro atoms. The van der Waals surface area contributed by atoms with Gasteiger partial charge in [0.15, 0.2) is 0 Å². The van der Waals surface area contributed by atoms with Crippen LogP contribution in [-0.2, 0) is 0 Å². The quantitative estimate of drug-likeness (QED) is 0.601. The molecule has 0 fully saturated rings. The van der Waals surface area contributed by atoms with E-state index in [2.05, 4.69) is 10.3 Å². The first-order valence-electron chi connectivity index (χ1n) is 8.05. The first-order valence-corrected chi connectivity index (χ1v) is 8.93. The molecular formula is C20H17N3OS. The number of carbonyl (C=O) groups is 1. The van der Waals surface area contributed by atoms with E-state index >= 15 is 0 Å². The molecule has 0 radical (unpaired) electrons. The lowest BCUT2D eigenvalue weighted by Gasteiger charge is -2.17. The number of carbonyl (C=O) groups excluding carboxylic acids is 1. The van der Waals surface area contributed by atoms with Gasteiger partial charge < -0.3 is 9.72 Å². The summed E-state index contributed by atoms with van der Waals surface area (Å²) >= 11 is 1.63. The second-order valence-electron chi connectivity index (χ2n) is 5.93. The van der Waals surface area contributed by atoms with Crippen LogP contribution in [0.2, 0.25) is 0 Å². The van der Waals surface area contributed by atoms with Crippen molar-refractivity contribution in [1.29, 1.82) is 0 Å². The summed E-state index contributed by atoms with van der Waals surface area (Å²) in [6, 6.07) is 17.8. The van der Waals surface area contributed by atoms with Gasteiger partial charge >= 0.3 is 0 Å². The maximum absolute atomic E-state index is 12.8. The fraction of sp³-hybridized carbons (Fsp3) is 0.100. The Bertz CT molecular complexity index is 1010. The number of thiophene rings is 1. The van der Waals surface area contributed by atoms with Crippen molar-refractivity contribution in [3.63, 3.8) is 0 Å². The summed E-state index contributed by atoms with van der Waals surface area (Å²) in [6.07, 6.45) is 3.68. The first-order chi connectivity index (χ1) is 12.2. The Labute approximate surface area is 149 Å². The van der Waals surface area contributed by atoms with Crippen molar-refractivity contribution in [1.82, 2.24) is 14.7 Å². The Morgan fingerprint density at radius 1 is 1.16 bits per heavy atom. The molecule has 1 aromatic carbocycles. The van der Waals surface area contributed by atoms with E-state index in [-0.39, 0.29) is 11.9 Å². The zero-order chi connectivity index (χ0) is 17.2. The Morgan fingerprint density at radius 3 is 2.76 bits per heavy atom. The number of aryl methyl sites for hydroxylation is 1. The molecule has 3 heterocycles. The highest BCUT2D eigenvalue weighted by Gasteiger charge is 2.20. The van der Waals surface area contributed by atoms with Crippen molar-refractivity contribution < 1.29 is 4.79 Å². The number of nitrogens with zero attached hydrogens (tertiary/aromatic N) is 2. The molecule has 1 unspecified atom stereocenters. The van der Waals surface area contributed by atoms with Crippen LogP contribution in [0.15, 0.2) is 72.4 Å². The number of nitrogens with one attached hydrogen (secondary N) is 1. The molecule has 4 aromatic rings. The summed E-state index contributed by atoms with van der Waals surface area (Å²) in [7, 11) is 0. The van der Waals surface area contributed by atoms with Gasteiger partial charge in [-0.15, -0.1) is 11.3 Å². The molecule has 1 atom stereocenters. The van der Waals surface area contributed by atoms with Crippen molar-refractivity contribution in [3.05, 3.63) is 94.1 Å². The van der Waals surface area contributed by atoms with E-state index in [1.54, 1.807) is 17.5 Å². The van der Waals surface area contributed by atoms with Gasteiger partial charge in [0.1, 0.15) is 11.3 Å². The Morgan fingerprint density at radius 2 is 2.00 bits per heavy atom. The second-order valence-corrected chi connectivity index (χ2v) is 6.91. The Hall–Kier alpha value is -2.92. The van der Waals surface area contributed by atoms with Crippen LogP contribution in [0.1, 0.15) is 32.5 Å². The zero-order valence-electron chi connectivity index (χ0n) is 13.7. The van der Waals surface area contributed by atoms with Gasteiger partial charge in [-0.25, -0.2) is 4.98 Å². The molecule has 0 bridgehead atoms. The molecule has 3 aromatic heterocycles. The third-order valence-electron chi connectivity index (χ3n) is 4.08. The predicted molar refractivity (Wildman–Crippen MR) is 100.0 cm³/mol. The van der Waals surface area contributed by atoms with Crippen molar-refractivity contribution >= 4 is 22.9 Å². The van der Waals surface area contributed by atoms with Gasteiger partial charge in [0.2, 0.25) is 0 Å². The highest BCUT2D eigenvalue weighted by Crippen LogP contribution is 2.26. The molecule has 124 valence electrons. The number of benzene rings is 1. The van der Waals surface area contributed by atoms with Gasteiger partial charge in [-0.1, -0.05) is 36.4 Å². The van der Waals surface area contributed by atoms with Crippen LogP contribution in [-0.4, -0.2) is 15.3 Å². The third-order valence-corrected chi connectivity index (χ3v) is 5.02. The SMILES string of the molecule is Cc1ccn2cc(C(=O)NC(c3ccccc3)c3cccs3)nc2c1. The number of hydrogen-bond donors (Lipinski definition) is 1. The predicted octanol–water partition coefficient (Wildman–Crippen LogP) is 4.22. The molecule has 5 heteroatoms. The monoisotopic (exact) mass is 347 g/mol. The maximum atomic E-state index is 12.8. The topological polar surface area (TPSA) is 46.4 Å². The van der Waals surface area contributed by atoms with Crippen molar-refractivity contribution in [3.8, 4) is 0 Å². The van der Waals surface area contributed by atoms with Crippen molar-refractivity contribution in [2.45, 2.75) is 13.0 Å². The van der Waals surface area contributed by atoms with Crippen LogP contribution in [0.25, 0.3) is 5.65 Å². The summed E-state index contributed by atoms with van der Waals surface area (Å²) in [5.41, 5.74) is 3.37. The van der Waals surface area contributed by atoms with Crippen LogP contribution >= 0.6 is 11.3 Å². The van der Waals surface area contributed by atoms with E-state index in [0.29, 0.717) is 5.69 Å². The van der Waals surface area contributed by atoms with E-state index in [4.69, 9.17) is 0 Å². The standard InChI is InChI=1S/C20H17N3OS/c1-14-9-10-23-13-16(21-18(23)12-14)20(24)22-19(17-8-5-11-25-17)15-6-3-2-4-7-15/h2-13,19H,1H3,(H,22,24). The summed E-state index contributed by atoms with van der Waals surface area (Å²) in [5.74, 6) is -0.177. The average Bonchev–Trinajstić information content (AvgIpc) is 3.29. The molecule has 0 aliphatic rings. The lowest BCUT2D eigenvalue weighted by Crippen LogP contribution is -2.29. The molecule has 25 heavy (non-hydrogen) atoms. The minimum Gasteiger partial charge on any atom is -0.339 e. The van der Waals surface area contributed by atoms with E-state index in [1.807, 2.05) is 77.5 Å². The van der Waals surface area contributed by atoms with Gasteiger partial charge in [0.05, 0.1) is 6.04 Å². The number of pyridine rings is 1. The number of rotatable bonds is 4. The number of hydrogen-bond acceptors (Lipinski definition) is 3. The first kappa shape index (κ1) is 15.6. The number of aromatic nitrogens is 2. The molecule has 0 aliphatic carbocycles. The smallest absolute Gasteiger partial charge is 0.272 e. The molecule has 4 nitrogen and oxygen atoms in total. The molecule has 0 saturated carbocycles. The fourth-order valence-corrected chi connectivity index (χ4v) is 3.62. The van der Waals surface area contributed by atoms with Gasteiger partial charge in [-0.05, 0) is 41.6 Å². The maximum Gasteiger partial charge on any atom is 0.272 e. The molecule has 1 amide bonds. The Kier molecular flexibility index (Phi) is 4.07. The highest BCUT2D eigenvalue weighted by molar-refractivity contribution is 7.10. The molecule has 1 N–H and O–H groups in total. The number of amides is 1. The average molecular weight is 347 g/mol. The molecular weight excluding hydrogens is 330 g/mol. The van der Waals surface area contributed by atoms with Crippen LogP contribution in [0, 0.1) is 6.92 Å². The van der Waals surface area contributed by atoms with Crippen LogP contribution in [0.5, 0.6) is 0 Å². The van der Waals surface area contributed by atoms with Crippen molar-refractivity contribution in [2.24, 2.45) is 0 Å². The second kappa shape index (κ2) is 6.53. The molecule has 0 saturated heterocycles. The summed E-state index contributed by atoms with van der Waals surface area (Å²) < 4.78 is 1.87. The summed E-state index contributed by atoms with van der Waals surface area (Å²) in [4.78, 5) is 18.3. The van der Waals surface area contributed by atoms with Crippen LogP contribution < -0.4 is 5.32 Å². The zero-order valence-corrected chi connectivity index (χ0v) is 14.5. The van der Waals surface area contributed by atoms with E-state index in [9.17, 15) is 4.79 Å². The van der Waals surface area contributed by atoms with Gasteiger partial charge in [0.25, 0.3) is 5.91 Å². The lowest BCUT2D eigenvalue weighted by atomic mass is 10.1. The minimum absolute atomic E-state index is 0.177.